The van der Waals surface area contributed by atoms with Crippen LogP contribution in [0.4, 0.5) is 11.4 Å². The lowest BCUT2D eigenvalue weighted by molar-refractivity contribution is 0.0974. The summed E-state index contributed by atoms with van der Waals surface area (Å²) in [4.78, 5) is 31.6. The molecule has 0 unspecified atom stereocenters. The molecular weight excluding hydrogens is 925 g/mol. The van der Waals surface area contributed by atoms with Crippen LogP contribution in [-0.2, 0) is 0 Å². The number of rotatable bonds is 42. The lowest BCUT2D eigenvalue weighted by atomic mass is 9.84. The van der Waals surface area contributed by atoms with Gasteiger partial charge in [-0.1, -0.05) is 267 Å². The normalized spacial score (nSPS) is 12.1. The van der Waals surface area contributed by atoms with E-state index in [0.717, 1.165) is 34.1 Å². The van der Waals surface area contributed by atoms with E-state index in [1.54, 1.807) is 12.1 Å². The van der Waals surface area contributed by atoms with Crippen LogP contribution in [0.3, 0.4) is 0 Å². The molecule has 8 heteroatoms. The number of ether oxygens (including phenoxy) is 2. The number of carbonyl (C=O) groups is 2. The van der Waals surface area contributed by atoms with E-state index in [9.17, 15) is 9.59 Å². The second-order valence-electron chi connectivity index (χ2n) is 20.6. The fourth-order valence-electron chi connectivity index (χ4n) is 10.0. The molecule has 6 nitrogen and oxygen atoms in total. The molecule has 396 valence electrons. The number of unbranched alkanes of at least 4 members (excludes halogenated alkanes) is 32. The number of hydrogen-bond donors (Lipinski definition) is 2. The lowest BCUT2D eigenvalue weighted by Gasteiger charge is -2.22. The molecule has 4 aromatic rings. The number of nitrogens with two attached hydrogens (primary N) is 2. The standard InChI is InChI=1S/C64H94N2O4S2/c1-3-5-7-9-11-13-15-17-19-21-23-25-27-29-31-33-35-47-69-51-43-45-57(55(65)49-51)71-59-41-37-39-53-61(59)64(68)62-54(63(53)67)40-38-42-60(62)72-58-46-44-52(50-56(58)66)70-48-36-34-32-30-28-26-24-22-20-18-16-14-12-10-8-6-4-2/h37-46,49-50H,3-36,47-48,65-66H2,1-2H3. The first-order valence-corrected chi connectivity index (χ1v) is 30.8. The number of carbonyl (C=O) groups excluding carboxylic acids is 2. The molecule has 72 heavy (non-hydrogen) atoms. The van der Waals surface area contributed by atoms with Gasteiger partial charge in [0.25, 0.3) is 0 Å². The summed E-state index contributed by atoms with van der Waals surface area (Å²) in [5.74, 6) is 1.15. The molecule has 0 saturated carbocycles. The summed E-state index contributed by atoms with van der Waals surface area (Å²) < 4.78 is 12.2. The fourth-order valence-corrected chi connectivity index (χ4v) is 12.0. The quantitative estimate of drug-likeness (QED) is 0.0294. The maximum Gasteiger partial charge on any atom is 0.196 e. The average Bonchev–Trinajstić information content (AvgIpc) is 3.38. The molecule has 0 aromatic heterocycles. The predicted molar refractivity (Wildman–Crippen MR) is 309 cm³/mol. The topological polar surface area (TPSA) is 105 Å². The molecule has 0 radical (unpaired) electrons. The smallest absolute Gasteiger partial charge is 0.196 e. The lowest BCUT2D eigenvalue weighted by Crippen LogP contribution is -2.22. The molecule has 0 amide bonds. The van der Waals surface area contributed by atoms with Gasteiger partial charge in [-0.05, 0) is 49.2 Å². The van der Waals surface area contributed by atoms with Crippen molar-refractivity contribution in [3.8, 4) is 11.5 Å². The second kappa shape index (κ2) is 36.1. The first-order valence-electron chi connectivity index (χ1n) is 29.2. The van der Waals surface area contributed by atoms with Crippen molar-refractivity contribution in [2.75, 3.05) is 24.7 Å². The number of fused-ring (bicyclic) bond motifs is 2. The van der Waals surface area contributed by atoms with Gasteiger partial charge < -0.3 is 20.9 Å². The second-order valence-corrected chi connectivity index (χ2v) is 22.8. The van der Waals surface area contributed by atoms with Gasteiger partial charge in [-0.2, -0.15) is 0 Å². The zero-order valence-electron chi connectivity index (χ0n) is 45.0. The van der Waals surface area contributed by atoms with Crippen molar-refractivity contribution in [3.63, 3.8) is 0 Å². The molecule has 4 N–H and O–H groups in total. The Morgan fingerprint density at radius 3 is 0.931 bits per heavy atom. The van der Waals surface area contributed by atoms with E-state index in [0.29, 0.717) is 56.6 Å². The number of benzene rings is 4. The molecule has 0 spiro atoms. The summed E-state index contributed by atoms with van der Waals surface area (Å²) >= 11 is 2.82. The van der Waals surface area contributed by atoms with Crippen molar-refractivity contribution in [2.24, 2.45) is 0 Å². The molecule has 1 aliphatic rings. The minimum atomic E-state index is -0.175. The van der Waals surface area contributed by atoms with Crippen molar-refractivity contribution in [3.05, 3.63) is 95.1 Å². The zero-order chi connectivity index (χ0) is 50.9. The van der Waals surface area contributed by atoms with Gasteiger partial charge in [-0.15, -0.1) is 0 Å². The molecule has 1 aliphatic carbocycles. The summed E-state index contributed by atoms with van der Waals surface area (Å²) in [6.07, 6.45) is 45.8. The van der Waals surface area contributed by atoms with E-state index in [4.69, 9.17) is 20.9 Å². The van der Waals surface area contributed by atoms with Crippen LogP contribution in [0, 0.1) is 0 Å². The molecule has 0 atom stereocenters. The zero-order valence-corrected chi connectivity index (χ0v) is 46.6. The Morgan fingerprint density at radius 2 is 0.639 bits per heavy atom. The molecule has 4 aromatic carbocycles. The van der Waals surface area contributed by atoms with E-state index in [-0.39, 0.29) is 11.6 Å². The van der Waals surface area contributed by atoms with Crippen LogP contribution in [0.5, 0.6) is 11.5 Å². The van der Waals surface area contributed by atoms with E-state index in [1.807, 2.05) is 60.7 Å². The largest absolute Gasteiger partial charge is 0.494 e. The Balaban J connectivity index is 0.989. The summed E-state index contributed by atoms with van der Waals surface area (Å²) in [6, 6.07) is 22.5. The third kappa shape index (κ3) is 21.5. The summed E-state index contributed by atoms with van der Waals surface area (Å²) in [6.45, 7) is 5.90. The van der Waals surface area contributed by atoms with Crippen LogP contribution < -0.4 is 20.9 Å². The van der Waals surface area contributed by atoms with Crippen LogP contribution in [0.1, 0.15) is 264 Å². The first kappa shape index (κ1) is 59.0. The van der Waals surface area contributed by atoms with Gasteiger partial charge >= 0.3 is 0 Å². The Labute approximate surface area is 446 Å². The maximum absolute atomic E-state index is 14.6. The maximum atomic E-state index is 14.6. The Morgan fingerprint density at radius 1 is 0.347 bits per heavy atom. The third-order valence-corrected chi connectivity index (χ3v) is 16.7. The van der Waals surface area contributed by atoms with E-state index in [1.165, 1.54) is 229 Å². The van der Waals surface area contributed by atoms with Crippen molar-refractivity contribution in [2.45, 2.75) is 252 Å². The van der Waals surface area contributed by atoms with E-state index < -0.39 is 0 Å². The highest BCUT2D eigenvalue weighted by Gasteiger charge is 2.34. The van der Waals surface area contributed by atoms with Gasteiger partial charge in [-0.3, -0.25) is 9.59 Å². The van der Waals surface area contributed by atoms with Gasteiger partial charge in [0.05, 0.1) is 13.2 Å². The van der Waals surface area contributed by atoms with Crippen molar-refractivity contribution in [1.82, 2.24) is 0 Å². The van der Waals surface area contributed by atoms with Gasteiger partial charge in [0.2, 0.25) is 0 Å². The minimum absolute atomic E-state index is 0.161. The van der Waals surface area contributed by atoms with Crippen LogP contribution >= 0.6 is 23.5 Å². The SMILES string of the molecule is CCCCCCCCCCCCCCCCCCCOc1ccc(Sc2cccc3c2C(=O)c2c(Sc4ccc(OCCCCCCCCCCCCCCCCCCC)cc4N)cccc2C3=O)c(N)c1. The van der Waals surface area contributed by atoms with Gasteiger partial charge in [0.1, 0.15) is 11.5 Å². The Bertz CT molecular complexity index is 2010. The fraction of sp³-hybridized carbons (Fsp3) is 0.594. The van der Waals surface area contributed by atoms with Crippen LogP contribution in [0.25, 0.3) is 0 Å². The molecule has 0 saturated heterocycles. The first-order chi connectivity index (χ1) is 35.4. The number of nitrogen functional groups attached to an aromatic ring is 2. The molecule has 0 heterocycles. The third-order valence-electron chi connectivity index (χ3n) is 14.4. The van der Waals surface area contributed by atoms with Crippen LogP contribution in [0.2, 0.25) is 0 Å². The van der Waals surface area contributed by atoms with Crippen LogP contribution in [-0.4, -0.2) is 24.8 Å². The number of ketones is 2. The van der Waals surface area contributed by atoms with E-state index >= 15 is 0 Å². The highest BCUT2D eigenvalue weighted by Crippen LogP contribution is 2.44. The molecular formula is C64H94N2O4S2. The molecule has 0 bridgehead atoms. The molecule has 0 fully saturated rings. The van der Waals surface area contributed by atoms with Gasteiger partial charge in [-0.25, -0.2) is 0 Å². The Kier molecular flexibility index (Phi) is 29.6. The summed E-state index contributed by atoms with van der Waals surface area (Å²) in [7, 11) is 0. The summed E-state index contributed by atoms with van der Waals surface area (Å²) in [5, 5.41) is 0. The highest BCUT2D eigenvalue weighted by molar-refractivity contribution is 8.00. The average molecular weight is 1020 g/mol. The van der Waals surface area contributed by atoms with Crippen molar-refractivity contribution in [1.29, 1.82) is 0 Å². The Hall–Kier alpha value is -3.88. The van der Waals surface area contributed by atoms with Crippen LogP contribution in [0.15, 0.2) is 92.4 Å². The molecule has 0 aliphatic heterocycles. The summed E-state index contributed by atoms with van der Waals surface area (Å²) in [5.41, 5.74) is 16.0. The molecule has 5 rings (SSSR count). The number of anilines is 2. The van der Waals surface area contributed by atoms with E-state index in [2.05, 4.69) is 13.8 Å². The number of hydrogen-bond acceptors (Lipinski definition) is 8. The van der Waals surface area contributed by atoms with Gasteiger partial charge in [0, 0.05) is 65.3 Å². The highest BCUT2D eigenvalue weighted by atomic mass is 32.2. The predicted octanol–water partition coefficient (Wildman–Crippen LogP) is 20.0. The van der Waals surface area contributed by atoms with Crippen molar-refractivity contribution < 1.29 is 19.1 Å². The van der Waals surface area contributed by atoms with Gasteiger partial charge in [0.15, 0.2) is 11.6 Å². The monoisotopic (exact) mass is 1020 g/mol. The van der Waals surface area contributed by atoms with Crippen molar-refractivity contribution >= 4 is 46.5 Å². The minimum Gasteiger partial charge on any atom is -0.494 e.